The molecule has 2 atom stereocenters. The fourth-order valence-corrected chi connectivity index (χ4v) is 2.01. The molecule has 7 heteroatoms. The molecule has 0 saturated heterocycles. The molecular formula is C15H23ClN4O2. The lowest BCUT2D eigenvalue weighted by molar-refractivity contribution is -0.122. The first-order valence-corrected chi connectivity index (χ1v) is 7.22. The molecule has 0 radical (unpaired) electrons. The van der Waals surface area contributed by atoms with Crippen LogP contribution in [-0.2, 0) is 4.79 Å². The lowest BCUT2D eigenvalue weighted by Gasteiger charge is -2.17. The Bertz CT molecular complexity index is 494. The van der Waals surface area contributed by atoms with Crippen LogP contribution >= 0.6 is 12.4 Å². The first-order valence-electron chi connectivity index (χ1n) is 7.22. The molecule has 0 heterocycles. The summed E-state index contributed by atoms with van der Waals surface area (Å²) in [4.78, 5) is 23.6. The molecule has 1 fully saturated rings. The monoisotopic (exact) mass is 326 g/mol. The van der Waals surface area contributed by atoms with Crippen molar-refractivity contribution in [3.8, 4) is 0 Å². The number of urea groups is 1. The van der Waals surface area contributed by atoms with Crippen LogP contribution in [0.5, 0.6) is 0 Å². The van der Waals surface area contributed by atoms with Gasteiger partial charge in [0.15, 0.2) is 0 Å². The van der Waals surface area contributed by atoms with E-state index in [1.54, 1.807) is 19.1 Å². The Labute approximate surface area is 136 Å². The molecule has 2 unspecified atom stereocenters. The minimum Gasteiger partial charge on any atom is -0.353 e. The van der Waals surface area contributed by atoms with Crippen molar-refractivity contribution < 1.29 is 9.59 Å². The zero-order chi connectivity index (χ0) is 15.2. The molecule has 0 spiro atoms. The second-order valence-electron chi connectivity index (χ2n) is 5.43. The van der Waals surface area contributed by atoms with Gasteiger partial charge in [-0.15, -0.1) is 12.4 Å². The first-order chi connectivity index (χ1) is 10.1. The summed E-state index contributed by atoms with van der Waals surface area (Å²) < 4.78 is 0. The Morgan fingerprint density at radius 3 is 2.50 bits per heavy atom. The van der Waals surface area contributed by atoms with E-state index in [0.717, 1.165) is 12.8 Å². The smallest absolute Gasteiger partial charge is 0.319 e. The van der Waals surface area contributed by atoms with Crippen molar-refractivity contribution in [3.05, 3.63) is 30.3 Å². The number of benzene rings is 1. The van der Waals surface area contributed by atoms with Crippen LogP contribution in [0.25, 0.3) is 0 Å². The number of para-hydroxylation sites is 1. The average Bonchev–Trinajstić information content (AvgIpc) is 3.29. The number of anilines is 1. The van der Waals surface area contributed by atoms with Crippen LogP contribution < -0.4 is 21.7 Å². The number of amides is 3. The SMILES string of the molecule is CC(NC(=O)Nc1ccccc1)C(=O)NCC(N)C1CC1.Cl. The fourth-order valence-electron chi connectivity index (χ4n) is 2.01. The maximum absolute atomic E-state index is 11.9. The topological polar surface area (TPSA) is 96.2 Å². The van der Waals surface area contributed by atoms with E-state index in [0.29, 0.717) is 18.2 Å². The summed E-state index contributed by atoms with van der Waals surface area (Å²) in [6.45, 7) is 2.10. The van der Waals surface area contributed by atoms with Crippen molar-refractivity contribution >= 4 is 30.0 Å². The highest BCUT2D eigenvalue weighted by molar-refractivity contribution is 5.93. The van der Waals surface area contributed by atoms with Gasteiger partial charge in [-0.2, -0.15) is 0 Å². The number of hydrogen-bond donors (Lipinski definition) is 4. The zero-order valence-electron chi connectivity index (χ0n) is 12.5. The highest BCUT2D eigenvalue weighted by atomic mass is 35.5. The van der Waals surface area contributed by atoms with Gasteiger partial charge in [-0.05, 0) is 37.8 Å². The van der Waals surface area contributed by atoms with Gasteiger partial charge in [-0.25, -0.2) is 4.79 Å². The Kier molecular flexibility index (Phi) is 7.14. The number of nitrogens with one attached hydrogen (secondary N) is 3. The van der Waals surface area contributed by atoms with Gasteiger partial charge < -0.3 is 21.7 Å². The summed E-state index contributed by atoms with van der Waals surface area (Å²) in [5.41, 5.74) is 6.60. The number of halogens is 1. The Hall–Kier alpha value is -1.79. The predicted molar refractivity (Wildman–Crippen MR) is 89.0 cm³/mol. The van der Waals surface area contributed by atoms with Gasteiger partial charge in [0.1, 0.15) is 6.04 Å². The van der Waals surface area contributed by atoms with E-state index in [4.69, 9.17) is 5.73 Å². The lowest BCUT2D eigenvalue weighted by Crippen LogP contribution is -2.49. The molecule has 22 heavy (non-hydrogen) atoms. The zero-order valence-corrected chi connectivity index (χ0v) is 13.4. The van der Waals surface area contributed by atoms with E-state index in [9.17, 15) is 9.59 Å². The largest absolute Gasteiger partial charge is 0.353 e. The van der Waals surface area contributed by atoms with Gasteiger partial charge in [0, 0.05) is 18.3 Å². The molecule has 1 aliphatic carbocycles. The van der Waals surface area contributed by atoms with E-state index < -0.39 is 12.1 Å². The van der Waals surface area contributed by atoms with Gasteiger partial charge in [0.25, 0.3) is 0 Å². The van der Waals surface area contributed by atoms with Crippen LogP contribution in [-0.4, -0.2) is 30.6 Å². The number of rotatable bonds is 6. The summed E-state index contributed by atoms with van der Waals surface area (Å²) in [7, 11) is 0. The van der Waals surface area contributed by atoms with E-state index in [1.165, 1.54) is 0 Å². The number of nitrogens with two attached hydrogens (primary N) is 1. The minimum absolute atomic E-state index is 0. The van der Waals surface area contributed by atoms with E-state index in [2.05, 4.69) is 16.0 Å². The molecule has 1 aliphatic rings. The van der Waals surface area contributed by atoms with E-state index in [-0.39, 0.29) is 24.4 Å². The molecule has 6 nitrogen and oxygen atoms in total. The molecule has 1 aromatic rings. The van der Waals surface area contributed by atoms with Crippen LogP contribution in [0.15, 0.2) is 30.3 Å². The maximum atomic E-state index is 11.9. The summed E-state index contributed by atoms with van der Waals surface area (Å²) >= 11 is 0. The molecule has 0 bridgehead atoms. The highest BCUT2D eigenvalue weighted by Crippen LogP contribution is 2.31. The van der Waals surface area contributed by atoms with E-state index in [1.807, 2.05) is 18.2 Å². The van der Waals surface area contributed by atoms with Crippen LogP contribution in [0.1, 0.15) is 19.8 Å². The molecular weight excluding hydrogens is 304 g/mol. The number of hydrogen-bond acceptors (Lipinski definition) is 3. The minimum atomic E-state index is -0.611. The normalized spacial score (nSPS) is 15.9. The fraction of sp³-hybridized carbons (Fsp3) is 0.467. The molecule has 3 amide bonds. The van der Waals surface area contributed by atoms with Crippen LogP contribution in [0.2, 0.25) is 0 Å². The quantitative estimate of drug-likeness (QED) is 0.637. The van der Waals surface area contributed by atoms with Crippen molar-refractivity contribution in [3.63, 3.8) is 0 Å². The van der Waals surface area contributed by atoms with Crippen molar-refractivity contribution in [1.82, 2.24) is 10.6 Å². The molecule has 5 N–H and O–H groups in total. The van der Waals surface area contributed by atoms with Crippen LogP contribution in [0.4, 0.5) is 10.5 Å². The van der Waals surface area contributed by atoms with Gasteiger partial charge in [-0.1, -0.05) is 18.2 Å². The summed E-state index contributed by atoms with van der Waals surface area (Å²) in [5, 5.41) is 8.03. The number of carbonyl (C=O) groups excluding carboxylic acids is 2. The standard InChI is InChI=1S/C15H22N4O2.ClH/c1-10(14(20)17-9-13(16)11-7-8-11)18-15(21)19-12-5-3-2-4-6-12;/h2-6,10-11,13H,7-9,16H2,1H3,(H,17,20)(H2,18,19,21);1H. The van der Waals surface area contributed by atoms with Crippen molar-refractivity contribution in [2.75, 3.05) is 11.9 Å². The average molecular weight is 327 g/mol. The lowest BCUT2D eigenvalue weighted by atomic mass is 10.2. The summed E-state index contributed by atoms with van der Waals surface area (Å²) in [5.74, 6) is 0.309. The Balaban J connectivity index is 0.00000242. The van der Waals surface area contributed by atoms with Gasteiger partial charge in [0.05, 0.1) is 0 Å². The number of carbonyl (C=O) groups is 2. The van der Waals surface area contributed by atoms with Crippen LogP contribution in [0, 0.1) is 5.92 Å². The predicted octanol–water partition coefficient (Wildman–Crippen LogP) is 1.47. The second kappa shape index (κ2) is 8.60. The molecule has 1 aromatic carbocycles. The highest BCUT2D eigenvalue weighted by Gasteiger charge is 2.28. The van der Waals surface area contributed by atoms with Gasteiger partial charge in [0.2, 0.25) is 5.91 Å². The second-order valence-corrected chi connectivity index (χ2v) is 5.43. The Morgan fingerprint density at radius 1 is 1.27 bits per heavy atom. The van der Waals surface area contributed by atoms with Crippen molar-refractivity contribution in [2.24, 2.45) is 11.7 Å². The van der Waals surface area contributed by atoms with Gasteiger partial charge >= 0.3 is 6.03 Å². The summed E-state index contributed by atoms with van der Waals surface area (Å²) in [6, 6.07) is 8.06. The van der Waals surface area contributed by atoms with Crippen LogP contribution in [0.3, 0.4) is 0 Å². The van der Waals surface area contributed by atoms with Crippen molar-refractivity contribution in [1.29, 1.82) is 0 Å². The molecule has 0 aliphatic heterocycles. The third kappa shape index (κ3) is 5.91. The molecule has 2 rings (SSSR count). The molecule has 0 aromatic heterocycles. The molecule has 1 saturated carbocycles. The summed E-state index contributed by atoms with van der Waals surface area (Å²) in [6.07, 6.45) is 2.29. The van der Waals surface area contributed by atoms with E-state index >= 15 is 0 Å². The van der Waals surface area contributed by atoms with Crippen molar-refractivity contribution in [2.45, 2.75) is 31.8 Å². The third-order valence-corrected chi connectivity index (χ3v) is 3.51. The molecule has 122 valence electrons. The third-order valence-electron chi connectivity index (χ3n) is 3.51. The first kappa shape index (κ1) is 18.3. The maximum Gasteiger partial charge on any atom is 0.319 e. The van der Waals surface area contributed by atoms with Gasteiger partial charge in [-0.3, -0.25) is 4.79 Å². The Morgan fingerprint density at radius 2 is 1.91 bits per heavy atom.